The summed E-state index contributed by atoms with van der Waals surface area (Å²) in [6.45, 7) is 4.45. The predicted octanol–water partition coefficient (Wildman–Crippen LogP) is 4.66. The zero-order chi connectivity index (χ0) is 14.5. The molecule has 0 unspecified atom stereocenters. The van der Waals surface area contributed by atoms with E-state index in [1.807, 2.05) is 24.3 Å². The zero-order valence-corrected chi connectivity index (χ0v) is 12.2. The summed E-state index contributed by atoms with van der Waals surface area (Å²) in [6.07, 6.45) is 2.16. The molecule has 0 amide bonds. The van der Waals surface area contributed by atoms with E-state index in [0.717, 1.165) is 18.5 Å². The maximum Gasteiger partial charge on any atom is 0.115 e. The lowest BCUT2D eigenvalue weighted by molar-refractivity contribution is 0.473. The first kappa shape index (κ1) is 14.4. The fourth-order valence-electron chi connectivity index (χ4n) is 2.97. The molecule has 0 aliphatic heterocycles. The maximum atomic E-state index is 9.44. The van der Waals surface area contributed by atoms with E-state index in [-0.39, 0.29) is 0 Å². The number of nitrogens with two attached hydrogens (primary N) is 1. The quantitative estimate of drug-likeness (QED) is 0.775. The van der Waals surface area contributed by atoms with E-state index in [0.29, 0.717) is 17.6 Å². The van der Waals surface area contributed by atoms with Crippen LogP contribution in [0.2, 0.25) is 0 Å². The molecule has 106 valence electrons. The van der Waals surface area contributed by atoms with Crippen molar-refractivity contribution in [3.8, 4) is 5.75 Å². The summed E-state index contributed by atoms with van der Waals surface area (Å²) in [5, 5.41) is 9.44. The van der Waals surface area contributed by atoms with Gasteiger partial charge in [-0.2, -0.15) is 0 Å². The third-order valence-electron chi connectivity index (χ3n) is 4.05. The molecule has 2 heteroatoms. The second-order valence-electron chi connectivity index (χ2n) is 5.29. The van der Waals surface area contributed by atoms with Crippen LogP contribution in [0.25, 0.3) is 0 Å². The standard InChI is InChI=1S/C18H23NO/c1-3-17(13-5-9-15(19)10-6-13)18(4-2)14-7-11-16(20)12-8-14/h5-12,17-18,20H,3-4,19H2,1-2H3/t17-,18+/m1/s1. The van der Waals surface area contributed by atoms with E-state index in [1.54, 1.807) is 12.1 Å². The molecule has 2 nitrogen and oxygen atoms in total. The lowest BCUT2D eigenvalue weighted by atomic mass is 9.78. The van der Waals surface area contributed by atoms with Crippen LogP contribution in [0.5, 0.6) is 5.75 Å². The van der Waals surface area contributed by atoms with Crippen LogP contribution in [0.3, 0.4) is 0 Å². The summed E-state index contributed by atoms with van der Waals surface area (Å²) >= 11 is 0. The Morgan fingerprint density at radius 1 is 0.800 bits per heavy atom. The Hall–Kier alpha value is -1.96. The van der Waals surface area contributed by atoms with Crippen molar-refractivity contribution < 1.29 is 5.11 Å². The van der Waals surface area contributed by atoms with Crippen molar-refractivity contribution >= 4 is 5.69 Å². The van der Waals surface area contributed by atoms with Crippen molar-refractivity contribution in [3.63, 3.8) is 0 Å². The monoisotopic (exact) mass is 269 g/mol. The first-order valence-corrected chi connectivity index (χ1v) is 7.30. The number of benzene rings is 2. The highest BCUT2D eigenvalue weighted by Gasteiger charge is 2.21. The molecule has 2 rings (SSSR count). The Morgan fingerprint density at radius 2 is 1.20 bits per heavy atom. The summed E-state index contributed by atoms with van der Waals surface area (Å²) < 4.78 is 0. The molecule has 2 atom stereocenters. The molecule has 0 heterocycles. The second kappa shape index (κ2) is 6.47. The number of aromatic hydroxyl groups is 1. The number of anilines is 1. The number of nitrogen functional groups attached to an aromatic ring is 1. The van der Waals surface area contributed by atoms with Gasteiger partial charge in [-0.1, -0.05) is 38.1 Å². The third kappa shape index (κ3) is 3.13. The molecule has 2 aromatic carbocycles. The SMILES string of the molecule is CC[C@H](c1ccc(N)cc1)[C@@H](CC)c1ccc(O)cc1. The number of rotatable bonds is 5. The Balaban J connectivity index is 2.32. The zero-order valence-electron chi connectivity index (χ0n) is 12.2. The molecule has 0 fully saturated rings. The van der Waals surface area contributed by atoms with Crippen LogP contribution in [0.4, 0.5) is 5.69 Å². The summed E-state index contributed by atoms with van der Waals surface area (Å²) in [7, 11) is 0. The molecule has 0 radical (unpaired) electrons. The largest absolute Gasteiger partial charge is 0.508 e. The molecule has 2 aromatic rings. The number of phenolic OH excluding ortho intramolecular Hbond substituents is 1. The first-order valence-electron chi connectivity index (χ1n) is 7.30. The van der Waals surface area contributed by atoms with Gasteiger partial charge in [0.1, 0.15) is 5.75 Å². The number of hydrogen-bond acceptors (Lipinski definition) is 2. The minimum atomic E-state index is 0.323. The number of phenols is 1. The maximum absolute atomic E-state index is 9.44. The Morgan fingerprint density at radius 3 is 1.60 bits per heavy atom. The van der Waals surface area contributed by atoms with Gasteiger partial charge in [-0.3, -0.25) is 0 Å². The van der Waals surface area contributed by atoms with Crippen LogP contribution in [-0.4, -0.2) is 5.11 Å². The van der Waals surface area contributed by atoms with Gasteiger partial charge in [-0.05, 0) is 60.1 Å². The topological polar surface area (TPSA) is 46.2 Å². The fraction of sp³-hybridized carbons (Fsp3) is 0.333. The average molecular weight is 269 g/mol. The van der Waals surface area contributed by atoms with Gasteiger partial charge in [0.2, 0.25) is 0 Å². The van der Waals surface area contributed by atoms with Gasteiger partial charge in [-0.25, -0.2) is 0 Å². The van der Waals surface area contributed by atoms with Crippen LogP contribution >= 0.6 is 0 Å². The van der Waals surface area contributed by atoms with Gasteiger partial charge in [-0.15, -0.1) is 0 Å². The smallest absolute Gasteiger partial charge is 0.115 e. The van der Waals surface area contributed by atoms with Crippen molar-refractivity contribution in [2.75, 3.05) is 5.73 Å². The number of hydrogen-bond donors (Lipinski definition) is 2. The third-order valence-corrected chi connectivity index (χ3v) is 4.05. The van der Waals surface area contributed by atoms with Gasteiger partial charge >= 0.3 is 0 Å². The van der Waals surface area contributed by atoms with E-state index in [9.17, 15) is 5.11 Å². The second-order valence-corrected chi connectivity index (χ2v) is 5.29. The molecule has 0 spiro atoms. The Bertz CT molecular complexity index is 479. The molecular weight excluding hydrogens is 246 g/mol. The van der Waals surface area contributed by atoms with Crippen LogP contribution in [0.1, 0.15) is 49.7 Å². The summed E-state index contributed by atoms with van der Waals surface area (Å²) in [4.78, 5) is 0. The van der Waals surface area contributed by atoms with Crippen molar-refractivity contribution in [3.05, 3.63) is 59.7 Å². The first-order chi connectivity index (χ1) is 9.65. The predicted molar refractivity (Wildman–Crippen MR) is 85.0 cm³/mol. The van der Waals surface area contributed by atoms with Crippen molar-refractivity contribution in [1.29, 1.82) is 0 Å². The highest BCUT2D eigenvalue weighted by molar-refractivity contribution is 5.41. The molecular formula is C18H23NO. The molecule has 0 aliphatic rings. The highest BCUT2D eigenvalue weighted by atomic mass is 16.3. The average Bonchev–Trinajstić information content (AvgIpc) is 2.47. The molecule has 0 saturated heterocycles. The van der Waals surface area contributed by atoms with Crippen molar-refractivity contribution in [2.24, 2.45) is 0 Å². The normalized spacial score (nSPS) is 13.9. The molecule has 0 aromatic heterocycles. The van der Waals surface area contributed by atoms with Gasteiger partial charge in [0, 0.05) is 5.69 Å². The molecule has 0 saturated carbocycles. The summed E-state index contributed by atoms with van der Waals surface area (Å²) in [5.41, 5.74) is 9.20. The van der Waals surface area contributed by atoms with Crippen LogP contribution in [0.15, 0.2) is 48.5 Å². The Kier molecular flexibility index (Phi) is 4.67. The van der Waals surface area contributed by atoms with E-state index in [1.165, 1.54) is 11.1 Å². The van der Waals surface area contributed by atoms with Crippen LogP contribution in [-0.2, 0) is 0 Å². The van der Waals surface area contributed by atoms with Gasteiger partial charge in [0.05, 0.1) is 0 Å². The lowest BCUT2D eigenvalue weighted by Crippen LogP contribution is -2.10. The summed E-state index contributed by atoms with van der Waals surface area (Å²) in [6, 6.07) is 15.8. The van der Waals surface area contributed by atoms with Gasteiger partial charge in [0.15, 0.2) is 0 Å². The molecule has 20 heavy (non-hydrogen) atoms. The van der Waals surface area contributed by atoms with Crippen LogP contribution < -0.4 is 5.73 Å². The van der Waals surface area contributed by atoms with E-state index >= 15 is 0 Å². The van der Waals surface area contributed by atoms with Crippen LogP contribution in [0, 0.1) is 0 Å². The Labute approximate surface area is 121 Å². The highest BCUT2D eigenvalue weighted by Crippen LogP contribution is 2.38. The van der Waals surface area contributed by atoms with Crippen molar-refractivity contribution in [1.82, 2.24) is 0 Å². The van der Waals surface area contributed by atoms with E-state index in [4.69, 9.17) is 5.73 Å². The van der Waals surface area contributed by atoms with Crippen molar-refractivity contribution in [2.45, 2.75) is 38.5 Å². The fourth-order valence-corrected chi connectivity index (χ4v) is 2.97. The summed E-state index contributed by atoms with van der Waals surface area (Å²) in [5.74, 6) is 1.26. The lowest BCUT2D eigenvalue weighted by Gasteiger charge is -2.26. The van der Waals surface area contributed by atoms with Gasteiger partial charge in [0.25, 0.3) is 0 Å². The van der Waals surface area contributed by atoms with Gasteiger partial charge < -0.3 is 10.8 Å². The van der Waals surface area contributed by atoms with E-state index < -0.39 is 0 Å². The van der Waals surface area contributed by atoms with E-state index in [2.05, 4.69) is 26.0 Å². The molecule has 3 N–H and O–H groups in total. The minimum absolute atomic E-state index is 0.323. The molecule has 0 bridgehead atoms. The minimum Gasteiger partial charge on any atom is -0.508 e. The molecule has 0 aliphatic carbocycles.